The molecule has 88 valence electrons. The van der Waals surface area contributed by atoms with E-state index in [1.54, 1.807) is 13.8 Å². The number of amides is 1. The van der Waals surface area contributed by atoms with Crippen LogP contribution < -0.4 is 5.32 Å². The van der Waals surface area contributed by atoms with Crippen LogP contribution in [0.2, 0.25) is 0 Å². The minimum atomic E-state index is -0.983. The van der Waals surface area contributed by atoms with E-state index in [0.717, 1.165) is 0 Å². The highest BCUT2D eigenvalue weighted by Crippen LogP contribution is 2.02. The molecule has 0 aliphatic heterocycles. The summed E-state index contributed by atoms with van der Waals surface area (Å²) in [5.41, 5.74) is 0. The van der Waals surface area contributed by atoms with E-state index in [9.17, 15) is 9.59 Å². The maximum atomic E-state index is 11.4. The molecule has 5 heteroatoms. The number of hydrogen-bond donors (Lipinski definition) is 2. The van der Waals surface area contributed by atoms with Crippen molar-refractivity contribution >= 4 is 11.9 Å². The number of nitrogens with one attached hydrogen (secondary N) is 1. The number of nitrogens with zero attached hydrogens (tertiary/aromatic N) is 1. The van der Waals surface area contributed by atoms with Crippen molar-refractivity contribution in [2.75, 3.05) is 20.6 Å². The second-order valence-electron chi connectivity index (χ2n) is 4.18. The average molecular weight is 216 g/mol. The second-order valence-corrected chi connectivity index (χ2v) is 4.18. The third kappa shape index (κ3) is 6.06. The molecule has 15 heavy (non-hydrogen) atoms. The first-order valence-electron chi connectivity index (χ1n) is 5.01. The van der Waals surface area contributed by atoms with Crippen molar-refractivity contribution < 1.29 is 14.7 Å². The SMILES string of the molecule is CC(C)[C@@H](NC(=O)CCN(C)C)C(=O)O. The summed E-state index contributed by atoms with van der Waals surface area (Å²) >= 11 is 0. The first-order chi connectivity index (χ1) is 6.84. The molecule has 0 aliphatic carbocycles. The maximum absolute atomic E-state index is 11.4. The molecular formula is C10H20N2O3. The molecule has 0 aromatic rings. The predicted molar refractivity (Wildman–Crippen MR) is 57.6 cm³/mol. The van der Waals surface area contributed by atoms with Crippen molar-refractivity contribution in [3.63, 3.8) is 0 Å². The summed E-state index contributed by atoms with van der Waals surface area (Å²) < 4.78 is 0. The number of rotatable bonds is 6. The Morgan fingerprint density at radius 3 is 2.20 bits per heavy atom. The van der Waals surface area contributed by atoms with Crippen LogP contribution in [0.3, 0.4) is 0 Å². The van der Waals surface area contributed by atoms with Gasteiger partial charge in [0.15, 0.2) is 0 Å². The molecule has 0 aliphatic rings. The van der Waals surface area contributed by atoms with Gasteiger partial charge in [-0.2, -0.15) is 0 Å². The van der Waals surface area contributed by atoms with Gasteiger partial charge >= 0.3 is 5.97 Å². The minimum absolute atomic E-state index is 0.106. The van der Waals surface area contributed by atoms with Crippen molar-refractivity contribution in [2.24, 2.45) is 5.92 Å². The Balaban J connectivity index is 4.07. The summed E-state index contributed by atoms with van der Waals surface area (Å²) in [6.07, 6.45) is 0.323. The third-order valence-electron chi connectivity index (χ3n) is 2.04. The Labute approximate surface area is 90.5 Å². The fraction of sp³-hybridized carbons (Fsp3) is 0.800. The monoisotopic (exact) mass is 216 g/mol. The smallest absolute Gasteiger partial charge is 0.326 e. The lowest BCUT2D eigenvalue weighted by atomic mass is 10.0. The van der Waals surface area contributed by atoms with Gasteiger partial charge in [0.1, 0.15) is 6.04 Å². The number of hydrogen-bond acceptors (Lipinski definition) is 3. The number of carbonyl (C=O) groups excluding carboxylic acids is 1. The number of carbonyl (C=O) groups is 2. The van der Waals surface area contributed by atoms with Crippen molar-refractivity contribution in [2.45, 2.75) is 26.3 Å². The topological polar surface area (TPSA) is 69.6 Å². The Hall–Kier alpha value is -1.10. The van der Waals surface area contributed by atoms with Gasteiger partial charge < -0.3 is 15.3 Å². The lowest BCUT2D eigenvalue weighted by Crippen LogP contribution is -2.44. The zero-order valence-electron chi connectivity index (χ0n) is 9.78. The molecule has 1 amide bonds. The lowest BCUT2D eigenvalue weighted by molar-refractivity contribution is -0.143. The summed E-state index contributed by atoms with van der Waals surface area (Å²) in [5.74, 6) is -1.31. The van der Waals surface area contributed by atoms with Gasteiger partial charge in [0, 0.05) is 13.0 Å². The van der Waals surface area contributed by atoms with Crippen LogP contribution in [0.15, 0.2) is 0 Å². The van der Waals surface area contributed by atoms with Crippen LogP contribution in [0.4, 0.5) is 0 Å². The van der Waals surface area contributed by atoms with E-state index in [4.69, 9.17) is 5.11 Å². The molecule has 0 unspecified atom stereocenters. The van der Waals surface area contributed by atoms with Crippen molar-refractivity contribution in [1.29, 1.82) is 0 Å². The van der Waals surface area contributed by atoms with Crippen LogP contribution in [-0.4, -0.2) is 48.6 Å². The van der Waals surface area contributed by atoms with Crippen LogP contribution in [0, 0.1) is 5.92 Å². The van der Waals surface area contributed by atoms with Crippen LogP contribution in [0.1, 0.15) is 20.3 Å². The molecule has 0 saturated heterocycles. The largest absolute Gasteiger partial charge is 0.480 e. The molecule has 1 atom stereocenters. The predicted octanol–water partition coefficient (Wildman–Crippen LogP) is 0.164. The molecule has 5 nitrogen and oxygen atoms in total. The first-order valence-corrected chi connectivity index (χ1v) is 5.01. The van der Waals surface area contributed by atoms with Crippen molar-refractivity contribution in [3.05, 3.63) is 0 Å². The molecule has 0 spiro atoms. The Morgan fingerprint density at radius 1 is 1.33 bits per heavy atom. The van der Waals surface area contributed by atoms with E-state index in [2.05, 4.69) is 5.32 Å². The number of carboxylic acids is 1. The third-order valence-corrected chi connectivity index (χ3v) is 2.04. The molecule has 0 aromatic carbocycles. The lowest BCUT2D eigenvalue weighted by Gasteiger charge is -2.18. The molecule has 0 heterocycles. The van der Waals surface area contributed by atoms with E-state index in [-0.39, 0.29) is 11.8 Å². The highest BCUT2D eigenvalue weighted by atomic mass is 16.4. The van der Waals surface area contributed by atoms with Gasteiger partial charge in [-0.1, -0.05) is 13.8 Å². The molecule has 0 fully saturated rings. The van der Waals surface area contributed by atoms with E-state index >= 15 is 0 Å². The molecule has 0 bridgehead atoms. The Bertz CT molecular complexity index is 227. The maximum Gasteiger partial charge on any atom is 0.326 e. The van der Waals surface area contributed by atoms with Crippen LogP contribution in [-0.2, 0) is 9.59 Å². The normalized spacial score (nSPS) is 12.9. The Kier molecular flexibility index (Phi) is 5.93. The van der Waals surface area contributed by atoms with Gasteiger partial charge in [-0.3, -0.25) is 4.79 Å². The zero-order chi connectivity index (χ0) is 12.0. The van der Waals surface area contributed by atoms with Crippen LogP contribution in [0.25, 0.3) is 0 Å². The highest BCUT2D eigenvalue weighted by molar-refractivity contribution is 5.83. The molecular weight excluding hydrogens is 196 g/mol. The molecule has 0 aromatic heterocycles. The second kappa shape index (κ2) is 6.40. The molecule has 0 rings (SSSR count). The van der Waals surface area contributed by atoms with Gasteiger partial charge in [0.05, 0.1) is 0 Å². The van der Waals surface area contributed by atoms with Gasteiger partial charge in [-0.25, -0.2) is 4.79 Å². The van der Waals surface area contributed by atoms with Crippen molar-refractivity contribution in [1.82, 2.24) is 10.2 Å². The number of aliphatic carboxylic acids is 1. The summed E-state index contributed by atoms with van der Waals surface area (Å²) in [5, 5.41) is 11.4. The fourth-order valence-electron chi connectivity index (χ4n) is 1.08. The summed E-state index contributed by atoms with van der Waals surface area (Å²) in [4.78, 5) is 24.0. The fourth-order valence-corrected chi connectivity index (χ4v) is 1.08. The van der Waals surface area contributed by atoms with E-state index < -0.39 is 12.0 Å². The first kappa shape index (κ1) is 13.9. The van der Waals surface area contributed by atoms with E-state index in [1.807, 2.05) is 19.0 Å². The van der Waals surface area contributed by atoms with Gasteiger partial charge in [-0.15, -0.1) is 0 Å². The van der Waals surface area contributed by atoms with Gasteiger partial charge in [-0.05, 0) is 20.0 Å². The zero-order valence-corrected chi connectivity index (χ0v) is 9.78. The molecule has 2 N–H and O–H groups in total. The quantitative estimate of drug-likeness (QED) is 0.663. The minimum Gasteiger partial charge on any atom is -0.480 e. The van der Waals surface area contributed by atoms with Gasteiger partial charge in [0.25, 0.3) is 0 Å². The summed E-state index contributed by atoms with van der Waals surface area (Å²) in [6.45, 7) is 4.16. The summed E-state index contributed by atoms with van der Waals surface area (Å²) in [6, 6.07) is -0.792. The van der Waals surface area contributed by atoms with Gasteiger partial charge in [0.2, 0.25) is 5.91 Å². The average Bonchev–Trinajstić information content (AvgIpc) is 2.09. The molecule has 0 saturated carbocycles. The standard InChI is InChI=1S/C10H20N2O3/c1-7(2)9(10(14)15)11-8(13)5-6-12(3)4/h7,9H,5-6H2,1-4H3,(H,11,13)(H,14,15)/t9-/m1/s1. The van der Waals surface area contributed by atoms with E-state index in [0.29, 0.717) is 13.0 Å². The van der Waals surface area contributed by atoms with E-state index in [1.165, 1.54) is 0 Å². The summed E-state index contributed by atoms with van der Waals surface area (Å²) in [7, 11) is 3.73. The Morgan fingerprint density at radius 2 is 1.87 bits per heavy atom. The van der Waals surface area contributed by atoms with Crippen LogP contribution in [0.5, 0.6) is 0 Å². The van der Waals surface area contributed by atoms with Crippen molar-refractivity contribution in [3.8, 4) is 0 Å². The molecule has 0 radical (unpaired) electrons. The highest BCUT2D eigenvalue weighted by Gasteiger charge is 2.22. The van der Waals surface area contributed by atoms with Crippen LogP contribution >= 0.6 is 0 Å². The number of carboxylic acid groups (broad SMARTS) is 1.